The van der Waals surface area contributed by atoms with E-state index in [0.29, 0.717) is 0 Å². The molecule has 2 nitrogen and oxygen atoms in total. The molecule has 3 heteroatoms. The van der Waals surface area contributed by atoms with Crippen LogP contribution in [0.15, 0.2) is 23.4 Å². The number of ether oxygens (including phenoxy) is 1. The highest BCUT2D eigenvalue weighted by Gasteiger charge is 2.12. The Morgan fingerprint density at radius 3 is 2.92 bits per heavy atom. The molecular formula is C10H16ClNO. The van der Waals surface area contributed by atoms with Crippen LogP contribution in [0.4, 0.5) is 0 Å². The number of nitrogens with one attached hydrogen (secondary N) is 1. The predicted octanol–water partition coefficient (Wildman–Crippen LogP) is 2.76. The van der Waals surface area contributed by atoms with Crippen LogP contribution in [0.2, 0.25) is 0 Å². The Kier molecular flexibility index (Phi) is 4.33. The third-order valence-electron chi connectivity index (χ3n) is 1.90. The largest absolute Gasteiger partial charge is 0.361 e. The van der Waals surface area contributed by atoms with Crippen LogP contribution in [-0.2, 0) is 4.74 Å². The van der Waals surface area contributed by atoms with Crippen molar-refractivity contribution in [3.8, 4) is 0 Å². The molecule has 1 aliphatic heterocycles. The molecule has 1 rings (SSSR count). The Hall–Kier alpha value is -0.470. The van der Waals surface area contributed by atoms with E-state index in [0.717, 1.165) is 30.2 Å². The van der Waals surface area contributed by atoms with Crippen molar-refractivity contribution in [3.63, 3.8) is 0 Å². The molecule has 1 aliphatic rings. The molecule has 0 aromatic carbocycles. The van der Waals surface area contributed by atoms with Gasteiger partial charge in [-0.15, -0.1) is 0 Å². The summed E-state index contributed by atoms with van der Waals surface area (Å²) in [5, 5.41) is 3.90. The Bertz CT molecular complexity index is 203. The van der Waals surface area contributed by atoms with Crippen LogP contribution < -0.4 is 5.32 Å². The fourth-order valence-corrected chi connectivity index (χ4v) is 1.47. The van der Waals surface area contributed by atoms with Crippen molar-refractivity contribution in [3.05, 3.63) is 23.4 Å². The van der Waals surface area contributed by atoms with Gasteiger partial charge in [0.15, 0.2) is 0 Å². The highest BCUT2D eigenvalue weighted by Crippen LogP contribution is 2.12. The monoisotopic (exact) mass is 201 g/mol. The van der Waals surface area contributed by atoms with Gasteiger partial charge in [0.1, 0.15) is 6.23 Å². The zero-order chi connectivity index (χ0) is 9.68. The van der Waals surface area contributed by atoms with E-state index >= 15 is 0 Å². The summed E-state index contributed by atoms with van der Waals surface area (Å²) in [7, 11) is 0. The summed E-state index contributed by atoms with van der Waals surface area (Å²) in [5.74, 6) is 0. The Balaban J connectivity index is 2.30. The molecule has 1 fully saturated rings. The molecule has 1 atom stereocenters. The van der Waals surface area contributed by atoms with Gasteiger partial charge in [-0.2, -0.15) is 0 Å². The lowest BCUT2D eigenvalue weighted by Crippen LogP contribution is -2.33. The standard InChI is InChI=1S/C10H16ClNO/c1-8(11)7-9(2)12-10-5-3-4-6-13-10/h7,10,12H,2-6H2,1H3/b8-7+. The first-order valence-corrected chi connectivity index (χ1v) is 4.97. The van der Waals surface area contributed by atoms with E-state index in [-0.39, 0.29) is 6.23 Å². The minimum absolute atomic E-state index is 0.119. The molecular weight excluding hydrogens is 186 g/mol. The normalized spacial score (nSPS) is 24.2. The lowest BCUT2D eigenvalue weighted by atomic mass is 10.2. The van der Waals surface area contributed by atoms with Crippen molar-refractivity contribution in [2.75, 3.05) is 6.61 Å². The molecule has 0 aliphatic carbocycles. The van der Waals surface area contributed by atoms with E-state index in [1.165, 1.54) is 6.42 Å². The number of allylic oxidation sites excluding steroid dienone is 2. The molecule has 1 N–H and O–H groups in total. The first-order chi connectivity index (χ1) is 6.18. The van der Waals surface area contributed by atoms with Gasteiger partial charge in [0.2, 0.25) is 0 Å². The molecule has 1 saturated heterocycles. The summed E-state index contributed by atoms with van der Waals surface area (Å²) in [4.78, 5) is 0. The summed E-state index contributed by atoms with van der Waals surface area (Å²) < 4.78 is 5.49. The highest BCUT2D eigenvalue weighted by atomic mass is 35.5. The second kappa shape index (κ2) is 5.30. The number of rotatable bonds is 3. The van der Waals surface area contributed by atoms with E-state index in [9.17, 15) is 0 Å². The molecule has 13 heavy (non-hydrogen) atoms. The van der Waals surface area contributed by atoms with Gasteiger partial charge in [0, 0.05) is 17.3 Å². The van der Waals surface area contributed by atoms with Crippen LogP contribution in [0.5, 0.6) is 0 Å². The number of halogens is 1. The molecule has 1 unspecified atom stereocenters. The Morgan fingerprint density at radius 1 is 1.62 bits per heavy atom. The first-order valence-electron chi connectivity index (χ1n) is 4.59. The average Bonchev–Trinajstić information content (AvgIpc) is 2.04. The number of hydrogen-bond donors (Lipinski definition) is 1. The maximum absolute atomic E-state index is 5.71. The summed E-state index contributed by atoms with van der Waals surface area (Å²) >= 11 is 5.71. The van der Waals surface area contributed by atoms with Crippen molar-refractivity contribution in [1.82, 2.24) is 5.32 Å². The van der Waals surface area contributed by atoms with Crippen molar-refractivity contribution < 1.29 is 4.74 Å². The fourth-order valence-electron chi connectivity index (χ4n) is 1.34. The lowest BCUT2D eigenvalue weighted by Gasteiger charge is -2.24. The molecule has 0 amide bonds. The van der Waals surface area contributed by atoms with Crippen LogP contribution in [0.1, 0.15) is 26.2 Å². The van der Waals surface area contributed by atoms with Crippen LogP contribution in [0.3, 0.4) is 0 Å². The van der Waals surface area contributed by atoms with Crippen LogP contribution in [-0.4, -0.2) is 12.8 Å². The quantitative estimate of drug-likeness (QED) is 0.710. The zero-order valence-corrected chi connectivity index (χ0v) is 8.73. The third-order valence-corrected chi connectivity index (χ3v) is 2.01. The third kappa shape index (κ3) is 4.34. The van der Waals surface area contributed by atoms with Crippen LogP contribution in [0, 0.1) is 0 Å². The van der Waals surface area contributed by atoms with Crippen molar-refractivity contribution in [2.24, 2.45) is 0 Å². The Labute approximate surface area is 84.6 Å². The molecule has 0 aromatic rings. The van der Waals surface area contributed by atoms with Gasteiger partial charge in [0.25, 0.3) is 0 Å². The smallest absolute Gasteiger partial charge is 0.127 e. The van der Waals surface area contributed by atoms with Gasteiger partial charge >= 0.3 is 0 Å². The van der Waals surface area contributed by atoms with Crippen LogP contribution in [0.25, 0.3) is 0 Å². The summed E-state index contributed by atoms with van der Waals surface area (Å²) in [6.45, 7) is 6.51. The van der Waals surface area contributed by atoms with Gasteiger partial charge in [-0.25, -0.2) is 0 Å². The topological polar surface area (TPSA) is 21.3 Å². The minimum Gasteiger partial charge on any atom is -0.361 e. The van der Waals surface area contributed by atoms with E-state index in [1.807, 2.05) is 6.92 Å². The maximum Gasteiger partial charge on any atom is 0.127 e. The predicted molar refractivity (Wildman–Crippen MR) is 55.5 cm³/mol. The highest BCUT2D eigenvalue weighted by molar-refractivity contribution is 6.29. The SMILES string of the molecule is C=C(/C=C(\C)Cl)NC1CCCCO1. The molecule has 0 aromatic heterocycles. The van der Waals surface area contributed by atoms with Gasteiger partial charge < -0.3 is 10.1 Å². The van der Waals surface area contributed by atoms with Gasteiger partial charge in [-0.3, -0.25) is 0 Å². The molecule has 1 heterocycles. The van der Waals surface area contributed by atoms with Crippen molar-refractivity contribution in [1.29, 1.82) is 0 Å². The van der Waals surface area contributed by atoms with Crippen LogP contribution >= 0.6 is 11.6 Å². The van der Waals surface area contributed by atoms with Gasteiger partial charge in [-0.05, 0) is 32.3 Å². The first kappa shape index (κ1) is 10.6. The molecule has 0 radical (unpaired) electrons. The Morgan fingerprint density at radius 2 is 2.38 bits per heavy atom. The van der Waals surface area contributed by atoms with E-state index in [4.69, 9.17) is 16.3 Å². The van der Waals surface area contributed by atoms with Gasteiger partial charge in [-0.1, -0.05) is 18.2 Å². The minimum atomic E-state index is 0.119. The molecule has 74 valence electrons. The molecule has 0 saturated carbocycles. The fraction of sp³-hybridized carbons (Fsp3) is 0.600. The van der Waals surface area contributed by atoms with E-state index in [2.05, 4.69) is 11.9 Å². The van der Waals surface area contributed by atoms with E-state index < -0.39 is 0 Å². The summed E-state index contributed by atoms with van der Waals surface area (Å²) in [5.41, 5.74) is 0.819. The molecule has 0 bridgehead atoms. The second-order valence-electron chi connectivity index (χ2n) is 3.26. The molecule has 0 spiro atoms. The summed E-state index contributed by atoms with van der Waals surface area (Å²) in [6.07, 6.45) is 5.35. The average molecular weight is 202 g/mol. The van der Waals surface area contributed by atoms with Gasteiger partial charge in [0.05, 0.1) is 0 Å². The lowest BCUT2D eigenvalue weighted by molar-refractivity contribution is 0.00187. The van der Waals surface area contributed by atoms with E-state index in [1.54, 1.807) is 6.08 Å². The van der Waals surface area contributed by atoms with Crippen molar-refractivity contribution in [2.45, 2.75) is 32.4 Å². The maximum atomic E-state index is 5.71. The summed E-state index contributed by atoms with van der Waals surface area (Å²) in [6, 6.07) is 0. The van der Waals surface area contributed by atoms with Crippen molar-refractivity contribution >= 4 is 11.6 Å². The zero-order valence-electron chi connectivity index (χ0n) is 7.98. The number of hydrogen-bond acceptors (Lipinski definition) is 2. The second-order valence-corrected chi connectivity index (χ2v) is 3.85.